The van der Waals surface area contributed by atoms with Crippen LogP contribution in [0.4, 0.5) is 0 Å². The quantitative estimate of drug-likeness (QED) is 0.173. The van der Waals surface area contributed by atoms with Gasteiger partial charge in [-0.2, -0.15) is 0 Å². The summed E-state index contributed by atoms with van der Waals surface area (Å²) in [5.74, 6) is 1.31. The van der Waals surface area contributed by atoms with Crippen molar-refractivity contribution in [2.45, 2.75) is 33.7 Å². The van der Waals surface area contributed by atoms with Gasteiger partial charge in [-0.3, -0.25) is 9.89 Å². The standard InChI is InChI=1S/C16H35N5O3S.HI/c1-5-17-16(18-7-8-20-25(22,23)6-2)19-13-15(14(3)4)21-9-11-24-12-10-21;/h14-15,20H,5-13H2,1-4H3,(H2,17,18,19);1H. The Hall–Kier alpha value is -0.170. The van der Waals surface area contributed by atoms with Gasteiger partial charge in [0, 0.05) is 38.8 Å². The maximum absolute atomic E-state index is 11.4. The van der Waals surface area contributed by atoms with Gasteiger partial charge in [0.15, 0.2) is 5.96 Å². The molecular weight excluding hydrogens is 469 g/mol. The first kappa shape index (κ1) is 25.8. The number of morpholine rings is 1. The highest BCUT2D eigenvalue weighted by molar-refractivity contribution is 14.0. The van der Waals surface area contributed by atoms with Crippen molar-refractivity contribution in [2.75, 3.05) is 58.2 Å². The van der Waals surface area contributed by atoms with Crippen LogP contribution in [0.3, 0.4) is 0 Å². The van der Waals surface area contributed by atoms with Gasteiger partial charge in [0.05, 0.1) is 25.5 Å². The van der Waals surface area contributed by atoms with Crippen LogP contribution >= 0.6 is 24.0 Å². The fourth-order valence-corrected chi connectivity index (χ4v) is 3.29. The van der Waals surface area contributed by atoms with Crippen molar-refractivity contribution in [3.8, 4) is 0 Å². The van der Waals surface area contributed by atoms with Crippen LogP contribution < -0.4 is 15.4 Å². The Kier molecular flexibility index (Phi) is 13.8. The molecule has 26 heavy (non-hydrogen) atoms. The molecule has 1 aliphatic heterocycles. The third-order valence-electron chi connectivity index (χ3n) is 4.18. The molecule has 0 amide bonds. The summed E-state index contributed by atoms with van der Waals surface area (Å²) in [6, 6.07) is 0.373. The number of halogens is 1. The molecule has 0 aliphatic carbocycles. The first-order chi connectivity index (χ1) is 11.9. The lowest BCUT2D eigenvalue weighted by Crippen LogP contribution is -2.48. The molecule has 1 saturated heterocycles. The number of ether oxygens (including phenoxy) is 1. The molecule has 0 aromatic carbocycles. The van der Waals surface area contributed by atoms with Gasteiger partial charge in [-0.25, -0.2) is 13.1 Å². The lowest BCUT2D eigenvalue weighted by atomic mass is 10.0. The van der Waals surface area contributed by atoms with Crippen LogP contribution in [0.5, 0.6) is 0 Å². The summed E-state index contributed by atoms with van der Waals surface area (Å²) in [4.78, 5) is 7.14. The van der Waals surface area contributed by atoms with E-state index in [0.29, 0.717) is 31.6 Å². The molecular formula is C16H36IN5O3S. The Balaban J connectivity index is 0.00000625. The van der Waals surface area contributed by atoms with Gasteiger partial charge in [0.1, 0.15) is 0 Å². The number of rotatable bonds is 10. The molecule has 1 unspecified atom stereocenters. The van der Waals surface area contributed by atoms with Crippen molar-refractivity contribution < 1.29 is 13.2 Å². The first-order valence-electron chi connectivity index (χ1n) is 9.21. The van der Waals surface area contributed by atoms with Crippen LogP contribution in [-0.4, -0.2) is 83.6 Å². The Morgan fingerprint density at radius 1 is 1.15 bits per heavy atom. The van der Waals surface area contributed by atoms with E-state index in [-0.39, 0.29) is 29.7 Å². The molecule has 0 aromatic rings. The van der Waals surface area contributed by atoms with Gasteiger partial charge in [0.25, 0.3) is 0 Å². The predicted octanol–water partition coefficient (Wildman–Crippen LogP) is 0.456. The molecule has 10 heteroatoms. The van der Waals surface area contributed by atoms with Crippen molar-refractivity contribution in [3.05, 3.63) is 0 Å². The fourth-order valence-electron chi connectivity index (χ4n) is 2.67. The zero-order chi connectivity index (χ0) is 18.7. The van der Waals surface area contributed by atoms with Crippen molar-refractivity contribution >= 4 is 40.0 Å². The monoisotopic (exact) mass is 505 g/mol. The average Bonchev–Trinajstić information content (AvgIpc) is 2.59. The molecule has 1 atom stereocenters. The Bertz CT molecular complexity index is 496. The lowest BCUT2D eigenvalue weighted by Gasteiger charge is -2.36. The van der Waals surface area contributed by atoms with Crippen LogP contribution in [0.1, 0.15) is 27.7 Å². The summed E-state index contributed by atoms with van der Waals surface area (Å²) in [7, 11) is -3.15. The fraction of sp³-hybridized carbons (Fsp3) is 0.938. The minimum atomic E-state index is -3.15. The van der Waals surface area contributed by atoms with Gasteiger partial charge in [0.2, 0.25) is 10.0 Å². The molecule has 8 nitrogen and oxygen atoms in total. The van der Waals surface area contributed by atoms with E-state index in [1.807, 2.05) is 6.92 Å². The van der Waals surface area contributed by atoms with Gasteiger partial charge < -0.3 is 15.4 Å². The van der Waals surface area contributed by atoms with E-state index in [2.05, 4.69) is 34.1 Å². The van der Waals surface area contributed by atoms with Crippen LogP contribution in [0, 0.1) is 5.92 Å². The number of aliphatic imine (C=N–C) groups is 1. The maximum atomic E-state index is 11.4. The Labute approximate surface area is 176 Å². The zero-order valence-electron chi connectivity index (χ0n) is 16.5. The summed E-state index contributed by atoms with van der Waals surface area (Å²) in [6.07, 6.45) is 0. The summed E-state index contributed by atoms with van der Waals surface area (Å²) in [6.45, 7) is 13.8. The smallest absolute Gasteiger partial charge is 0.211 e. The summed E-state index contributed by atoms with van der Waals surface area (Å²) >= 11 is 0. The number of hydrogen-bond acceptors (Lipinski definition) is 5. The van der Waals surface area contributed by atoms with Crippen molar-refractivity contribution in [3.63, 3.8) is 0 Å². The molecule has 0 bridgehead atoms. The average molecular weight is 505 g/mol. The summed E-state index contributed by atoms with van der Waals surface area (Å²) < 4.78 is 30.9. The van der Waals surface area contributed by atoms with E-state index >= 15 is 0 Å². The summed E-state index contributed by atoms with van der Waals surface area (Å²) in [5, 5.41) is 6.39. The predicted molar refractivity (Wildman–Crippen MR) is 118 cm³/mol. The molecule has 1 rings (SSSR count). The van der Waals surface area contributed by atoms with Crippen molar-refractivity contribution in [1.82, 2.24) is 20.3 Å². The minimum absolute atomic E-state index is 0. The van der Waals surface area contributed by atoms with Gasteiger partial charge >= 0.3 is 0 Å². The Morgan fingerprint density at radius 3 is 2.35 bits per heavy atom. The number of sulfonamides is 1. The van der Waals surface area contributed by atoms with Crippen LogP contribution in [0.15, 0.2) is 4.99 Å². The van der Waals surface area contributed by atoms with Gasteiger partial charge in [-0.1, -0.05) is 13.8 Å². The van der Waals surface area contributed by atoms with E-state index in [4.69, 9.17) is 9.73 Å². The zero-order valence-corrected chi connectivity index (χ0v) is 19.6. The largest absolute Gasteiger partial charge is 0.379 e. The second kappa shape index (κ2) is 13.9. The van der Waals surface area contributed by atoms with Crippen molar-refractivity contribution in [1.29, 1.82) is 0 Å². The molecule has 0 radical (unpaired) electrons. The Morgan fingerprint density at radius 2 is 1.81 bits per heavy atom. The molecule has 1 aliphatic rings. The third kappa shape index (κ3) is 10.2. The number of hydrogen-bond donors (Lipinski definition) is 3. The third-order valence-corrected chi connectivity index (χ3v) is 5.59. The number of nitrogens with zero attached hydrogens (tertiary/aromatic N) is 2. The maximum Gasteiger partial charge on any atom is 0.211 e. The number of nitrogens with one attached hydrogen (secondary N) is 3. The van der Waals surface area contributed by atoms with E-state index in [9.17, 15) is 8.42 Å². The first-order valence-corrected chi connectivity index (χ1v) is 10.9. The van der Waals surface area contributed by atoms with E-state index in [1.54, 1.807) is 6.92 Å². The molecule has 1 fully saturated rings. The van der Waals surface area contributed by atoms with Gasteiger partial charge in [-0.05, 0) is 19.8 Å². The molecule has 0 spiro atoms. The van der Waals surface area contributed by atoms with E-state index < -0.39 is 10.0 Å². The second-order valence-corrected chi connectivity index (χ2v) is 8.50. The van der Waals surface area contributed by atoms with Crippen LogP contribution in [0.2, 0.25) is 0 Å². The van der Waals surface area contributed by atoms with Crippen LogP contribution in [-0.2, 0) is 14.8 Å². The normalized spacial score (nSPS) is 17.7. The SMILES string of the molecule is CCNC(=NCC(C(C)C)N1CCOCC1)NCCNS(=O)(=O)CC.I. The van der Waals surface area contributed by atoms with Crippen LogP contribution in [0.25, 0.3) is 0 Å². The van der Waals surface area contributed by atoms with E-state index in [1.165, 1.54) is 0 Å². The highest BCUT2D eigenvalue weighted by Crippen LogP contribution is 2.13. The molecule has 0 aromatic heterocycles. The van der Waals surface area contributed by atoms with Gasteiger partial charge in [-0.15, -0.1) is 24.0 Å². The van der Waals surface area contributed by atoms with E-state index in [0.717, 1.165) is 38.8 Å². The molecule has 0 saturated carbocycles. The highest BCUT2D eigenvalue weighted by Gasteiger charge is 2.23. The minimum Gasteiger partial charge on any atom is -0.379 e. The van der Waals surface area contributed by atoms with Crippen molar-refractivity contribution in [2.24, 2.45) is 10.9 Å². The number of guanidine groups is 1. The topological polar surface area (TPSA) is 95.1 Å². The molecule has 3 N–H and O–H groups in total. The summed E-state index contributed by atoms with van der Waals surface area (Å²) in [5.41, 5.74) is 0. The molecule has 1 heterocycles. The lowest BCUT2D eigenvalue weighted by molar-refractivity contribution is 0.00867. The highest BCUT2D eigenvalue weighted by atomic mass is 127. The second-order valence-electron chi connectivity index (χ2n) is 6.40. The molecule has 156 valence electrons.